The van der Waals surface area contributed by atoms with Gasteiger partial charge in [0.25, 0.3) is 0 Å². The molecule has 1 amide bonds. The molecule has 0 radical (unpaired) electrons. The largest absolute Gasteiger partial charge is 0.394 e. The molecule has 0 aliphatic carbocycles. The Morgan fingerprint density at radius 1 is 0.620 bits per heavy atom. The van der Waals surface area contributed by atoms with Crippen LogP contribution in [-0.2, 0) is 42.7 Å². The van der Waals surface area contributed by atoms with Crippen molar-refractivity contribution >= 4 is 5.91 Å². The van der Waals surface area contributed by atoms with Crippen LogP contribution in [0.5, 0.6) is 0 Å². The number of carbonyl (C=O) groups excluding carboxylic acids is 1. The summed E-state index contributed by atoms with van der Waals surface area (Å²) in [4.78, 5) is 12.4. The topological polar surface area (TPSA) is 325 Å². The van der Waals surface area contributed by atoms with Gasteiger partial charge in [0.2, 0.25) is 5.91 Å². The summed E-state index contributed by atoms with van der Waals surface area (Å²) in [7, 11) is 0. The molecule has 0 aromatic heterocycles. The van der Waals surface area contributed by atoms with Gasteiger partial charge in [0.05, 0.1) is 32.5 Å². The molecule has 4 rings (SSSR count). The summed E-state index contributed by atoms with van der Waals surface area (Å²) in [5, 5.41) is 118. The van der Waals surface area contributed by atoms with Crippen LogP contribution in [0, 0.1) is 0 Å². The van der Waals surface area contributed by atoms with Crippen molar-refractivity contribution in [1.82, 2.24) is 5.32 Å². The second-order valence-corrected chi connectivity index (χ2v) is 12.5. The Hall–Kier alpha value is -1.55. The molecule has 12 N–H and O–H groups in total. The summed E-state index contributed by atoms with van der Waals surface area (Å²) in [6.45, 7) is 3.40. The van der Waals surface area contributed by atoms with Gasteiger partial charge in [-0.25, -0.2) is 0 Å². The molecule has 20 atom stereocenters. The first kappa shape index (κ1) is 41.2. The van der Waals surface area contributed by atoms with Crippen molar-refractivity contribution in [2.24, 2.45) is 0 Å². The summed E-state index contributed by atoms with van der Waals surface area (Å²) in [6, 6.07) is -1.57. The van der Waals surface area contributed by atoms with Gasteiger partial charge in [-0.2, -0.15) is 0 Å². The molecule has 4 aliphatic rings. The lowest BCUT2D eigenvalue weighted by Crippen LogP contribution is -2.70. The first-order chi connectivity index (χ1) is 23.7. The molecular weight excluding hydrogens is 682 g/mol. The lowest BCUT2D eigenvalue weighted by atomic mass is 9.94. The molecule has 12 unspecified atom stereocenters. The number of carbonyl (C=O) groups is 1. The number of hydrogen-bond donors (Lipinski definition) is 12. The predicted molar refractivity (Wildman–Crippen MR) is 158 cm³/mol. The fourth-order valence-electron chi connectivity index (χ4n) is 6.15. The predicted octanol–water partition coefficient (Wildman–Crippen LogP) is -7.37. The second kappa shape index (κ2) is 18.0. The maximum absolute atomic E-state index is 12.4. The van der Waals surface area contributed by atoms with Gasteiger partial charge in [0.15, 0.2) is 25.2 Å². The second-order valence-electron chi connectivity index (χ2n) is 12.5. The normalized spacial score (nSPS) is 48.6. The van der Waals surface area contributed by atoms with Crippen LogP contribution in [0.15, 0.2) is 12.7 Å². The fourth-order valence-corrected chi connectivity index (χ4v) is 6.15. The van der Waals surface area contributed by atoms with Gasteiger partial charge >= 0.3 is 0 Å². The summed E-state index contributed by atoms with van der Waals surface area (Å²) >= 11 is 0. The monoisotopic (exact) mass is 731 g/mol. The molecule has 4 aliphatic heterocycles. The fraction of sp³-hybridized carbons (Fsp3) is 0.897. The van der Waals surface area contributed by atoms with Crippen molar-refractivity contribution in [3.8, 4) is 0 Å². The van der Waals surface area contributed by atoms with Gasteiger partial charge in [0, 0.05) is 6.92 Å². The molecule has 50 heavy (non-hydrogen) atoms. The van der Waals surface area contributed by atoms with Crippen LogP contribution in [0.4, 0.5) is 0 Å². The van der Waals surface area contributed by atoms with Crippen molar-refractivity contribution < 1.29 is 98.9 Å². The molecule has 0 aromatic rings. The quantitative estimate of drug-likeness (QED) is 0.0783. The zero-order chi connectivity index (χ0) is 37.0. The van der Waals surface area contributed by atoms with Crippen molar-refractivity contribution in [3.05, 3.63) is 12.7 Å². The van der Waals surface area contributed by atoms with Crippen molar-refractivity contribution in [2.45, 2.75) is 137 Å². The van der Waals surface area contributed by atoms with Crippen molar-refractivity contribution in [1.29, 1.82) is 0 Å². The van der Waals surface area contributed by atoms with Gasteiger partial charge in [-0.15, -0.1) is 6.58 Å². The van der Waals surface area contributed by atoms with E-state index in [1.165, 1.54) is 13.0 Å². The SMILES string of the molecule is C=CCO[C@@H]1OC(CO)[C@H](O)C(O[C@@H]2OC(CO)[C@H](O)C(O[C@@H]3OC(CO)[C@H](O)C(O)C3O[C@@H]3OC(C)[C@@H](O)C(O)C3O)C2NC(C)=O)C1O. The minimum Gasteiger partial charge on any atom is -0.394 e. The number of hydrogen-bond acceptors (Lipinski definition) is 20. The Kier molecular flexibility index (Phi) is 14.8. The van der Waals surface area contributed by atoms with E-state index in [1.54, 1.807) is 0 Å². The highest BCUT2D eigenvalue weighted by Gasteiger charge is 2.56. The Bertz CT molecular complexity index is 1090. The Morgan fingerprint density at radius 3 is 1.72 bits per heavy atom. The van der Waals surface area contributed by atoms with Gasteiger partial charge in [-0.1, -0.05) is 6.08 Å². The molecule has 0 spiro atoms. The van der Waals surface area contributed by atoms with E-state index in [1.807, 2.05) is 0 Å². The number of aliphatic hydroxyl groups excluding tert-OH is 11. The molecule has 4 saturated heterocycles. The van der Waals surface area contributed by atoms with E-state index in [-0.39, 0.29) is 6.61 Å². The average Bonchev–Trinajstić information content (AvgIpc) is 3.09. The number of aliphatic hydroxyl groups is 11. The van der Waals surface area contributed by atoms with Crippen LogP contribution in [0.25, 0.3) is 0 Å². The van der Waals surface area contributed by atoms with E-state index in [4.69, 9.17) is 37.9 Å². The molecule has 290 valence electrons. The van der Waals surface area contributed by atoms with Crippen LogP contribution in [0.1, 0.15) is 13.8 Å². The number of rotatable bonds is 13. The molecular formula is C29H49NO20. The zero-order valence-corrected chi connectivity index (χ0v) is 27.3. The smallest absolute Gasteiger partial charge is 0.217 e. The van der Waals surface area contributed by atoms with Crippen LogP contribution < -0.4 is 5.32 Å². The maximum Gasteiger partial charge on any atom is 0.217 e. The lowest BCUT2D eigenvalue weighted by Gasteiger charge is -2.50. The standard InChI is InChI=1S/C29H49NO20/c1-4-5-43-27-22(42)24(18(38)13(8-33)46-27)49-26-14(30-10(3)34)23(17(37)12(7-32)45-26)48-29-25(20(40)16(36)11(6-31)47-29)50-28-21(41)19(39)15(35)9(2)44-28/h4,9,11-29,31-33,35-42H,1,5-8H2,2-3H3,(H,30,34)/t9?,11?,12?,13?,14?,15-,16+,17+,18+,19?,20?,21?,22?,23?,24?,25?,26+,27-,28+,29+/m1/s1. The Labute approximate surface area is 286 Å². The third-order valence-electron chi connectivity index (χ3n) is 8.93. The number of nitrogens with one attached hydrogen (secondary N) is 1. The van der Waals surface area contributed by atoms with Crippen LogP contribution in [0.3, 0.4) is 0 Å². The summed E-state index contributed by atoms with van der Waals surface area (Å²) < 4.78 is 45.4. The van der Waals surface area contributed by atoms with E-state index >= 15 is 0 Å². The highest BCUT2D eigenvalue weighted by atomic mass is 16.8. The van der Waals surface area contributed by atoms with E-state index in [2.05, 4.69) is 11.9 Å². The van der Waals surface area contributed by atoms with E-state index in [0.717, 1.165) is 6.92 Å². The van der Waals surface area contributed by atoms with Crippen molar-refractivity contribution in [3.63, 3.8) is 0 Å². The highest BCUT2D eigenvalue weighted by Crippen LogP contribution is 2.35. The molecule has 0 saturated carbocycles. The van der Waals surface area contributed by atoms with Gasteiger partial charge in [0.1, 0.15) is 91.5 Å². The molecule has 4 heterocycles. The van der Waals surface area contributed by atoms with E-state index in [9.17, 15) is 61.0 Å². The minimum atomic E-state index is -1.94. The average molecular weight is 732 g/mol. The minimum absolute atomic E-state index is 0.104. The van der Waals surface area contributed by atoms with Gasteiger partial charge in [-0.3, -0.25) is 4.79 Å². The van der Waals surface area contributed by atoms with Crippen molar-refractivity contribution in [2.75, 3.05) is 26.4 Å². The summed E-state index contributed by atoms with van der Waals surface area (Å²) in [6.07, 6.45) is -30.2. The van der Waals surface area contributed by atoms with Gasteiger partial charge in [-0.05, 0) is 6.92 Å². The highest BCUT2D eigenvalue weighted by molar-refractivity contribution is 5.73. The number of ether oxygens (including phenoxy) is 8. The van der Waals surface area contributed by atoms with Crippen LogP contribution in [-0.4, -0.2) is 211 Å². The summed E-state index contributed by atoms with van der Waals surface area (Å²) in [5.74, 6) is -0.731. The molecule has 0 bridgehead atoms. The third kappa shape index (κ3) is 8.80. The molecule has 4 fully saturated rings. The first-order valence-electron chi connectivity index (χ1n) is 16.0. The first-order valence-corrected chi connectivity index (χ1v) is 16.0. The Morgan fingerprint density at radius 2 is 1.14 bits per heavy atom. The zero-order valence-electron chi connectivity index (χ0n) is 27.3. The van der Waals surface area contributed by atoms with Gasteiger partial charge < -0.3 is 99.4 Å². The molecule has 21 heteroatoms. The molecule has 0 aromatic carbocycles. The third-order valence-corrected chi connectivity index (χ3v) is 8.93. The Balaban J connectivity index is 1.66. The maximum atomic E-state index is 12.4. The van der Waals surface area contributed by atoms with E-state index < -0.39 is 148 Å². The number of amides is 1. The van der Waals surface area contributed by atoms with Crippen LogP contribution >= 0.6 is 0 Å². The van der Waals surface area contributed by atoms with E-state index in [0.29, 0.717) is 0 Å². The lowest BCUT2D eigenvalue weighted by molar-refractivity contribution is -0.386. The van der Waals surface area contributed by atoms with Crippen LogP contribution in [0.2, 0.25) is 0 Å². The summed E-state index contributed by atoms with van der Waals surface area (Å²) in [5.41, 5.74) is 0. The molecule has 21 nitrogen and oxygen atoms in total.